The summed E-state index contributed by atoms with van der Waals surface area (Å²) in [5.74, 6) is -1.67. The van der Waals surface area contributed by atoms with Crippen LogP contribution in [0.4, 0.5) is 4.39 Å². The van der Waals surface area contributed by atoms with Crippen molar-refractivity contribution in [3.63, 3.8) is 0 Å². The second kappa shape index (κ2) is 10.2. The van der Waals surface area contributed by atoms with E-state index in [0.717, 1.165) is 12.1 Å². The molecule has 0 saturated carbocycles. The van der Waals surface area contributed by atoms with Crippen LogP contribution in [0.3, 0.4) is 0 Å². The minimum absolute atomic E-state index is 0.0949. The van der Waals surface area contributed by atoms with Crippen LogP contribution >= 0.6 is 0 Å². The fourth-order valence-electron chi connectivity index (χ4n) is 2.47. The van der Waals surface area contributed by atoms with Gasteiger partial charge in [0.25, 0.3) is 11.8 Å². The van der Waals surface area contributed by atoms with E-state index < -0.39 is 38.6 Å². The van der Waals surface area contributed by atoms with E-state index in [1.165, 1.54) is 38.3 Å². The smallest absolute Gasteiger partial charge is 0.269 e. The van der Waals surface area contributed by atoms with Gasteiger partial charge in [-0.3, -0.25) is 20.4 Å². The molecule has 3 N–H and O–H groups in total. The number of halogens is 1. The second-order valence-electron chi connectivity index (χ2n) is 6.75. The van der Waals surface area contributed by atoms with Crippen LogP contribution in [0.2, 0.25) is 0 Å². The van der Waals surface area contributed by atoms with Gasteiger partial charge in [-0.2, -0.15) is 4.72 Å². The molecule has 2 rings (SSSR count). The first-order valence-corrected chi connectivity index (χ1v) is 10.7. The van der Waals surface area contributed by atoms with Gasteiger partial charge in [0.1, 0.15) is 10.7 Å². The van der Waals surface area contributed by atoms with Crippen molar-refractivity contribution in [3.8, 4) is 11.5 Å². The van der Waals surface area contributed by atoms with Crippen LogP contribution in [0.5, 0.6) is 11.5 Å². The minimum Gasteiger partial charge on any atom is -0.493 e. The maximum absolute atomic E-state index is 13.7. The van der Waals surface area contributed by atoms with Crippen LogP contribution in [0, 0.1) is 5.82 Å². The summed E-state index contributed by atoms with van der Waals surface area (Å²) in [6, 6.07) is 7.94. The Bertz CT molecular complexity index is 1060. The lowest BCUT2D eigenvalue weighted by Crippen LogP contribution is -2.51. The number of nitrogens with one attached hydrogen (secondary N) is 3. The van der Waals surface area contributed by atoms with E-state index in [1.807, 2.05) is 13.8 Å². The number of hydrazine groups is 1. The lowest BCUT2D eigenvalue weighted by Gasteiger charge is -2.16. The molecule has 11 heteroatoms. The maximum Gasteiger partial charge on any atom is 0.269 e. The molecule has 168 valence electrons. The molecule has 0 radical (unpaired) electrons. The molecule has 31 heavy (non-hydrogen) atoms. The zero-order valence-corrected chi connectivity index (χ0v) is 18.2. The Morgan fingerprint density at radius 1 is 1.00 bits per heavy atom. The number of amides is 2. The number of methoxy groups -OCH3 is 1. The maximum atomic E-state index is 13.7. The van der Waals surface area contributed by atoms with Gasteiger partial charge >= 0.3 is 0 Å². The first kappa shape index (κ1) is 24.1. The number of benzene rings is 2. The van der Waals surface area contributed by atoms with Gasteiger partial charge in [-0.15, -0.1) is 0 Å². The Morgan fingerprint density at radius 3 is 2.29 bits per heavy atom. The summed E-state index contributed by atoms with van der Waals surface area (Å²) in [7, 11) is -2.85. The number of carbonyl (C=O) groups is 2. The molecule has 2 amide bonds. The van der Waals surface area contributed by atoms with E-state index in [2.05, 4.69) is 15.6 Å². The molecule has 0 saturated heterocycles. The topological polar surface area (TPSA) is 123 Å². The monoisotopic (exact) mass is 453 g/mol. The summed E-state index contributed by atoms with van der Waals surface area (Å²) >= 11 is 0. The Labute approximate surface area is 180 Å². The highest BCUT2D eigenvalue weighted by Gasteiger charge is 2.25. The third kappa shape index (κ3) is 6.40. The molecule has 0 aliphatic carbocycles. The SMILES string of the molecule is COc1cc(C(=O)NNC(=O)[C@H](C)NS(=O)(=O)c2ccccc2F)ccc1OC(C)C. The number of sulfonamides is 1. The van der Waals surface area contributed by atoms with E-state index >= 15 is 0 Å². The average Bonchev–Trinajstić information content (AvgIpc) is 2.71. The highest BCUT2D eigenvalue weighted by atomic mass is 32.2. The quantitative estimate of drug-likeness (QED) is 0.524. The number of ether oxygens (including phenoxy) is 2. The molecule has 2 aromatic rings. The van der Waals surface area contributed by atoms with Gasteiger partial charge in [0.2, 0.25) is 10.0 Å². The average molecular weight is 453 g/mol. The van der Waals surface area contributed by atoms with Crippen molar-refractivity contribution in [2.24, 2.45) is 0 Å². The number of rotatable bonds is 8. The summed E-state index contributed by atoms with van der Waals surface area (Å²) in [6.07, 6.45) is -0.0949. The van der Waals surface area contributed by atoms with Gasteiger partial charge in [0, 0.05) is 5.56 Å². The molecule has 0 spiro atoms. The van der Waals surface area contributed by atoms with Crippen LogP contribution in [0.15, 0.2) is 47.4 Å². The van der Waals surface area contributed by atoms with Crippen molar-refractivity contribution in [2.45, 2.75) is 37.8 Å². The van der Waals surface area contributed by atoms with E-state index in [1.54, 1.807) is 6.07 Å². The molecule has 0 aromatic heterocycles. The first-order valence-electron chi connectivity index (χ1n) is 9.27. The molecular weight excluding hydrogens is 429 g/mol. The predicted molar refractivity (Wildman–Crippen MR) is 111 cm³/mol. The van der Waals surface area contributed by atoms with E-state index in [9.17, 15) is 22.4 Å². The Balaban J connectivity index is 2.00. The molecule has 2 aromatic carbocycles. The molecule has 0 aliphatic heterocycles. The Hall–Kier alpha value is -3.18. The fraction of sp³-hybridized carbons (Fsp3) is 0.300. The molecule has 0 fully saturated rings. The Kier molecular flexibility index (Phi) is 7.95. The third-order valence-corrected chi connectivity index (χ3v) is 5.51. The van der Waals surface area contributed by atoms with Gasteiger partial charge in [-0.1, -0.05) is 12.1 Å². The standard InChI is InChI=1S/C20H24FN3O6S/c1-12(2)30-16-10-9-14(11-17(16)29-4)20(26)23-22-19(25)13(3)24-31(27,28)18-8-6-5-7-15(18)21/h5-13,24H,1-4H3,(H,22,25)(H,23,26)/t13-/m0/s1. The van der Waals surface area contributed by atoms with Crippen molar-refractivity contribution in [3.05, 3.63) is 53.8 Å². The number of hydrogen-bond donors (Lipinski definition) is 3. The van der Waals surface area contributed by atoms with E-state index in [0.29, 0.717) is 11.5 Å². The summed E-state index contributed by atoms with van der Waals surface area (Å²) in [4.78, 5) is 23.9. The van der Waals surface area contributed by atoms with Gasteiger partial charge in [0.15, 0.2) is 11.5 Å². The third-order valence-electron chi connectivity index (χ3n) is 3.94. The minimum atomic E-state index is -4.28. The van der Waals surface area contributed by atoms with Crippen molar-refractivity contribution >= 4 is 21.8 Å². The second-order valence-corrected chi connectivity index (χ2v) is 8.43. The Morgan fingerprint density at radius 2 is 1.68 bits per heavy atom. The normalized spacial score (nSPS) is 12.2. The van der Waals surface area contributed by atoms with Gasteiger partial charge < -0.3 is 9.47 Å². The van der Waals surface area contributed by atoms with Crippen LogP contribution in [0.25, 0.3) is 0 Å². The molecule has 0 bridgehead atoms. The zero-order valence-electron chi connectivity index (χ0n) is 17.4. The fourth-order valence-corrected chi connectivity index (χ4v) is 3.75. The van der Waals surface area contributed by atoms with Crippen molar-refractivity contribution in [1.29, 1.82) is 0 Å². The summed E-state index contributed by atoms with van der Waals surface area (Å²) < 4.78 is 51.1. The highest BCUT2D eigenvalue weighted by Crippen LogP contribution is 2.28. The molecule has 1 atom stereocenters. The molecular formula is C20H24FN3O6S. The first-order chi connectivity index (χ1) is 14.5. The highest BCUT2D eigenvalue weighted by molar-refractivity contribution is 7.89. The van der Waals surface area contributed by atoms with Crippen LogP contribution < -0.4 is 25.0 Å². The summed E-state index contributed by atoms with van der Waals surface area (Å²) in [5, 5.41) is 0. The molecule has 9 nitrogen and oxygen atoms in total. The van der Waals surface area contributed by atoms with Crippen LogP contribution in [-0.4, -0.2) is 39.5 Å². The van der Waals surface area contributed by atoms with Crippen molar-refractivity contribution in [1.82, 2.24) is 15.6 Å². The predicted octanol–water partition coefficient (Wildman–Crippen LogP) is 1.75. The van der Waals surface area contributed by atoms with Gasteiger partial charge in [-0.05, 0) is 51.1 Å². The summed E-state index contributed by atoms with van der Waals surface area (Å²) in [5.41, 5.74) is 4.48. The van der Waals surface area contributed by atoms with Gasteiger partial charge in [-0.25, -0.2) is 12.8 Å². The van der Waals surface area contributed by atoms with E-state index in [-0.39, 0.29) is 11.7 Å². The van der Waals surface area contributed by atoms with E-state index in [4.69, 9.17) is 9.47 Å². The van der Waals surface area contributed by atoms with Crippen molar-refractivity contribution < 1.29 is 31.9 Å². The molecule has 0 aliphatic rings. The number of hydrogen-bond acceptors (Lipinski definition) is 6. The van der Waals surface area contributed by atoms with Crippen molar-refractivity contribution in [2.75, 3.05) is 7.11 Å². The summed E-state index contributed by atoms with van der Waals surface area (Å²) in [6.45, 7) is 4.94. The number of carbonyl (C=O) groups excluding carboxylic acids is 2. The largest absolute Gasteiger partial charge is 0.493 e. The van der Waals surface area contributed by atoms with Crippen LogP contribution in [-0.2, 0) is 14.8 Å². The van der Waals surface area contributed by atoms with Crippen LogP contribution in [0.1, 0.15) is 31.1 Å². The van der Waals surface area contributed by atoms with Gasteiger partial charge in [0.05, 0.1) is 19.3 Å². The lowest BCUT2D eigenvalue weighted by atomic mass is 10.2. The zero-order chi connectivity index (χ0) is 23.2. The molecule has 0 heterocycles. The lowest BCUT2D eigenvalue weighted by molar-refractivity contribution is -0.123. The molecule has 0 unspecified atom stereocenters.